The lowest BCUT2D eigenvalue weighted by atomic mass is 10.0. The minimum absolute atomic E-state index is 0.00978. The highest BCUT2D eigenvalue weighted by molar-refractivity contribution is 5.99. The van der Waals surface area contributed by atoms with Crippen molar-refractivity contribution in [1.82, 2.24) is 51.4 Å². The predicted molar refractivity (Wildman–Crippen MR) is 209 cm³/mol. The molecule has 0 spiro atoms. The molecule has 0 bridgehead atoms. The third-order valence-electron chi connectivity index (χ3n) is 9.45. The molecule has 61 heavy (non-hydrogen) atoms. The highest BCUT2D eigenvalue weighted by atomic mass is 16.4. The van der Waals surface area contributed by atoms with E-state index in [2.05, 4.69) is 46.5 Å². The van der Waals surface area contributed by atoms with Crippen LogP contribution in [0.25, 0.3) is 0 Å². The van der Waals surface area contributed by atoms with Crippen molar-refractivity contribution in [1.29, 1.82) is 0 Å². The minimum atomic E-state index is -1.69. The van der Waals surface area contributed by atoms with Gasteiger partial charge in [0.15, 0.2) is 0 Å². The van der Waals surface area contributed by atoms with Crippen LogP contribution in [-0.2, 0) is 60.8 Å². The summed E-state index contributed by atoms with van der Waals surface area (Å²) in [5, 5.41) is 31.0. The molecule has 2 aromatic rings. The number of carboxylic acids is 2. The topological polar surface area (TPSA) is 410 Å². The molecule has 1 aliphatic rings. The van der Waals surface area contributed by atoms with Crippen LogP contribution >= 0.6 is 0 Å². The molecule has 1 saturated heterocycles. The lowest BCUT2D eigenvalue weighted by molar-refractivity contribution is -0.143. The standard InChI is InChI=1S/C36H53N13O12/c1-17(2)8-25(36(60)61)48-32(56)22(11-28(39)51)46-31(55)21(5-6-27(38)50)44-34(58)26-4-3-7-49(26)35(59)24(10-19-14-41-16-43-19)47-33(57)23(12-29(52)53)45-30(54)20(37)9-18-13-40-15-42-18/h13-17,20-26H,3-12,37H2,1-2H3,(H2,38,50)(H2,39,51)(H,40,42)(H,41,43)(H,44,58)(H,45,54)(H,46,55)(H,47,57)(H,48,56)(H,52,53)(H,60,61)/t20-,21-,22-,23-,24-,25-,26-/m0/s1. The number of H-pyrrole nitrogens is 2. The number of nitrogens with two attached hydrogens (primary N) is 3. The summed E-state index contributed by atoms with van der Waals surface area (Å²) in [7, 11) is 0. The van der Waals surface area contributed by atoms with Crippen LogP contribution in [-0.4, -0.2) is 143 Å². The van der Waals surface area contributed by atoms with Gasteiger partial charge in [-0.15, -0.1) is 0 Å². The molecule has 25 heteroatoms. The van der Waals surface area contributed by atoms with E-state index in [1.807, 2.05) is 0 Å². The zero-order valence-corrected chi connectivity index (χ0v) is 33.5. The van der Waals surface area contributed by atoms with E-state index in [-0.39, 0.29) is 44.6 Å². The van der Waals surface area contributed by atoms with Gasteiger partial charge in [0.25, 0.3) is 0 Å². The molecule has 0 saturated carbocycles. The van der Waals surface area contributed by atoms with Gasteiger partial charge in [-0.25, -0.2) is 14.8 Å². The highest BCUT2D eigenvalue weighted by Gasteiger charge is 2.40. The largest absolute Gasteiger partial charge is 0.481 e. The number of primary amides is 2. The van der Waals surface area contributed by atoms with Gasteiger partial charge in [-0.05, 0) is 31.6 Å². The van der Waals surface area contributed by atoms with Crippen molar-refractivity contribution in [3.8, 4) is 0 Å². The maximum absolute atomic E-state index is 14.2. The normalized spacial score (nSPS) is 16.5. The smallest absolute Gasteiger partial charge is 0.326 e. The van der Waals surface area contributed by atoms with Crippen molar-refractivity contribution < 1.29 is 58.2 Å². The SMILES string of the molecule is CC(C)C[C@H](NC(=O)[C@H](CC(N)=O)NC(=O)[C@H](CCC(N)=O)NC(=O)[C@@H]1CCCN1C(=O)[C@H](Cc1cnc[nH]1)NC(=O)[C@H](CC(=O)O)NC(=O)[C@@H](N)Cc1cnc[nH]1)C(=O)O. The quantitative estimate of drug-likeness (QED) is 0.0447. The van der Waals surface area contributed by atoms with E-state index >= 15 is 0 Å². The van der Waals surface area contributed by atoms with Crippen LogP contribution in [0.5, 0.6) is 0 Å². The number of nitrogens with one attached hydrogen (secondary N) is 7. The Morgan fingerprint density at radius 2 is 1.28 bits per heavy atom. The van der Waals surface area contributed by atoms with E-state index in [1.54, 1.807) is 13.8 Å². The van der Waals surface area contributed by atoms with Crippen LogP contribution in [0.15, 0.2) is 25.0 Å². The molecule has 0 aromatic carbocycles. The second kappa shape index (κ2) is 23.0. The molecule has 0 aliphatic carbocycles. The third kappa shape index (κ3) is 15.6. The Hall–Kier alpha value is -6.92. The molecule has 25 nitrogen and oxygen atoms in total. The van der Waals surface area contributed by atoms with E-state index in [0.29, 0.717) is 11.4 Å². The zero-order chi connectivity index (χ0) is 45.4. The van der Waals surface area contributed by atoms with E-state index in [1.165, 1.54) is 25.0 Å². The average molecular weight is 860 g/mol. The Kier molecular flexibility index (Phi) is 18.3. The van der Waals surface area contributed by atoms with Gasteiger partial charge in [0, 0.05) is 49.6 Å². The van der Waals surface area contributed by atoms with Gasteiger partial charge in [0.1, 0.15) is 36.3 Å². The third-order valence-corrected chi connectivity index (χ3v) is 9.45. The summed E-state index contributed by atoms with van der Waals surface area (Å²) in [4.78, 5) is 143. The number of carbonyl (C=O) groups excluding carboxylic acids is 8. The van der Waals surface area contributed by atoms with E-state index < -0.39 is 127 Å². The number of amides is 8. The van der Waals surface area contributed by atoms with Crippen molar-refractivity contribution >= 4 is 59.2 Å². The van der Waals surface area contributed by atoms with Crippen LogP contribution in [0, 0.1) is 5.92 Å². The summed E-state index contributed by atoms with van der Waals surface area (Å²) in [5.41, 5.74) is 17.5. The number of rotatable bonds is 25. The summed E-state index contributed by atoms with van der Waals surface area (Å²) in [6.45, 7) is 3.42. The first-order valence-electron chi connectivity index (χ1n) is 19.3. The van der Waals surface area contributed by atoms with Crippen LogP contribution < -0.4 is 43.8 Å². The fourth-order valence-electron chi connectivity index (χ4n) is 6.45. The summed E-state index contributed by atoms with van der Waals surface area (Å²) >= 11 is 0. The Morgan fingerprint density at radius 1 is 0.738 bits per heavy atom. The number of aromatic amines is 2. The number of imidazole rings is 2. The Bertz CT molecular complexity index is 1890. The zero-order valence-electron chi connectivity index (χ0n) is 33.5. The molecule has 15 N–H and O–H groups in total. The average Bonchev–Trinajstić information content (AvgIpc) is 3.98. The molecule has 1 fully saturated rings. The van der Waals surface area contributed by atoms with Gasteiger partial charge in [0.05, 0.1) is 31.5 Å². The lowest BCUT2D eigenvalue weighted by Crippen LogP contribution is -2.60. The number of hydrogen-bond acceptors (Lipinski definition) is 13. The number of aliphatic carboxylic acids is 2. The number of nitrogens with zero attached hydrogens (tertiary/aromatic N) is 3. The van der Waals surface area contributed by atoms with E-state index in [0.717, 1.165) is 4.90 Å². The fraction of sp³-hybridized carbons (Fsp3) is 0.556. The van der Waals surface area contributed by atoms with Crippen LogP contribution in [0.1, 0.15) is 70.2 Å². The van der Waals surface area contributed by atoms with Crippen LogP contribution in [0.2, 0.25) is 0 Å². The van der Waals surface area contributed by atoms with Gasteiger partial charge in [-0.1, -0.05) is 13.8 Å². The molecular weight excluding hydrogens is 806 g/mol. The Balaban J connectivity index is 1.83. The van der Waals surface area contributed by atoms with Crippen molar-refractivity contribution in [3.63, 3.8) is 0 Å². The van der Waals surface area contributed by atoms with Gasteiger partial charge in [-0.2, -0.15) is 0 Å². The first-order chi connectivity index (χ1) is 28.7. The van der Waals surface area contributed by atoms with Crippen molar-refractivity contribution in [2.75, 3.05) is 6.54 Å². The number of carbonyl (C=O) groups is 10. The summed E-state index contributed by atoms with van der Waals surface area (Å²) in [6, 6.07) is -10.3. The molecule has 8 amide bonds. The molecule has 7 atom stereocenters. The van der Waals surface area contributed by atoms with Gasteiger partial charge < -0.3 is 68.9 Å². The maximum Gasteiger partial charge on any atom is 0.326 e. The number of carboxylic acid groups (broad SMARTS) is 2. The fourth-order valence-corrected chi connectivity index (χ4v) is 6.45. The van der Waals surface area contributed by atoms with Gasteiger partial charge in [0.2, 0.25) is 47.3 Å². The Labute approximate surface area is 348 Å². The summed E-state index contributed by atoms with van der Waals surface area (Å²) in [5.74, 6) is -10.6. The number of likely N-dealkylation sites (tertiary alicyclic amines) is 1. The molecule has 3 heterocycles. The first-order valence-corrected chi connectivity index (χ1v) is 19.3. The van der Waals surface area contributed by atoms with Crippen molar-refractivity contribution in [3.05, 3.63) is 36.4 Å². The summed E-state index contributed by atoms with van der Waals surface area (Å²) < 4.78 is 0. The van der Waals surface area contributed by atoms with Crippen molar-refractivity contribution in [2.45, 2.75) is 114 Å². The summed E-state index contributed by atoms with van der Waals surface area (Å²) in [6.07, 6.45) is 3.11. The van der Waals surface area contributed by atoms with Gasteiger partial charge in [-0.3, -0.25) is 43.2 Å². The molecular formula is C36H53N13O12. The minimum Gasteiger partial charge on any atom is -0.481 e. The van der Waals surface area contributed by atoms with E-state index in [9.17, 15) is 58.2 Å². The Morgan fingerprint density at radius 3 is 1.80 bits per heavy atom. The monoisotopic (exact) mass is 859 g/mol. The molecule has 3 rings (SSSR count). The van der Waals surface area contributed by atoms with Gasteiger partial charge >= 0.3 is 11.9 Å². The molecule has 0 unspecified atom stereocenters. The maximum atomic E-state index is 14.2. The molecule has 1 aliphatic heterocycles. The molecule has 2 aromatic heterocycles. The second-order valence-electron chi connectivity index (χ2n) is 14.9. The molecule has 0 radical (unpaired) electrons. The van der Waals surface area contributed by atoms with Crippen LogP contribution in [0.4, 0.5) is 0 Å². The predicted octanol–water partition coefficient (Wildman–Crippen LogP) is -4.59. The van der Waals surface area contributed by atoms with Crippen molar-refractivity contribution in [2.24, 2.45) is 23.1 Å². The molecule has 334 valence electrons. The number of hydrogen-bond donors (Lipinski definition) is 12. The van der Waals surface area contributed by atoms with Crippen LogP contribution in [0.3, 0.4) is 0 Å². The highest BCUT2D eigenvalue weighted by Crippen LogP contribution is 2.20. The lowest BCUT2D eigenvalue weighted by Gasteiger charge is -2.31. The first kappa shape index (κ1) is 48.4. The number of aromatic nitrogens is 4. The second-order valence-corrected chi connectivity index (χ2v) is 14.9. The van der Waals surface area contributed by atoms with E-state index in [4.69, 9.17) is 17.2 Å².